The van der Waals surface area contributed by atoms with Crippen molar-refractivity contribution in [3.63, 3.8) is 0 Å². The molecule has 2 aromatic rings. The molecule has 0 aromatic heterocycles. The largest absolute Gasteiger partial charge is 0.496 e. The minimum Gasteiger partial charge on any atom is -0.496 e. The Balaban J connectivity index is 2.17. The van der Waals surface area contributed by atoms with Crippen LogP contribution in [0.2, 0.25) is 0 Å². The van der Waals surface area contributed by atoms with Crippen LogP contribution < -0.4 is 10.2 Å². The molecule has 0 unspecified atom stereocenters. The van der Waals surface area contributed by atoms with Crippen LogP contribution in [-0.2, 0) is 0 Å². The van der Waals surface area contributed by atoms with E-state index < -0.39 is 10.8 Å². The molecule has 7 nitrogen and oxygen atoms in total. The maximum atomic E-state index is 12.0. The van der Waals surface area contributed by atoms with Gasteiger partial charge in [0.25, 0.3) is 11.6 Å². The number of nitro groups is 1. The molecule has 7 heteroatoms. The predicted molar refractivity (Wildman–Crippen MR) is 85.8 cm³/mol. The fourth-order valence-electron chi connectivity index (χ4n) is 1.96. The number of hydrazone groups is 1. The average molecular weight is 313 g/mol. The Morgan fingerprint density at radius 1 is 1.22 bits per heavy atom. The molecule has 0 aliphatic carbocycles. The summed E-state index contributed by atoms with van der Waals surface area (Å²) in [6.07, 6.45) is 0. The standard InChI is InChI=1S/C16H15N3O4/c1-11(14-8-3-4-9-15(14)23-2)17-18-16(20)12-6-5-7-13(10-12)19(21)22/h3-10H,1-2H3,(H,18,20)/b17-11-. The molecule has 23 heavy (non-hydrogen) atoms. The Bertz CT molecular complexity index is 771. The molecule has 0 bridgehead atoms. The van der Waals surface area contributed by atoms with Crippen LogP contribution in [0.25, 0.3) is 0 Å². The minimum absolute atomic E-state index is 0.150. The molecule has 0 saturated carbocycles. The zero-order chi connectivity index (χ0) is 16.8. The summed E-state index contributed by atoms with van der Waals surface area (Å²) in [6, 6.07) is 12.7. The van der Waals surface area contributed by atoms with E-state index in [2.05, 4.69) is 10.5 Å². The normalized spacial score (nSPS) is 11.0. The van der Waals surface area contributed by atoms with Gasteiger partial charge in [-0.2, -0.15) is 5.10 Å². The fraction of sp³-hybridized carbons (Fsp3) is 0.125. The predicted octanol–water partition coefficient (Wildman–Crippen LogP) is 2.76. The molecule has 0 atom stereocenters. The first kappa shape index (κ1) is 16.2. The first-order valence-corrected chi connectivity index (χ1v) is 6.75. The van der Waals surface area contributed by atoms with Gasteiger partial charge in [-0.05, 0) is 25.1 Å². The molecule has 0 spiro atoms. The van der Waals surface area contributed by atoms with Gasteiger partial charge in [0.2, 0.25) is 0 Å². The van der Waals surface area contributed by atoms with Gasteiger partial charge in [-0.15, -0.1) is 0 Å². The smallest absolute Gasteiger partial charge is 0.271 e. The molecule has 1 N–H and O–H groups in total. The molecule has 1 amide bonds. The molecule has 2 aromatic carbocycles. The van der Waals surface area contributed by atoms with Gasteiger partial charge in [0, 0.05) is 23.3 Å². The van der Waals surface area contributed by atoms with Crippen LogP contribution in [0.3, 0.4) is 0 Å². The van der Waals surface area contributed by atoms with Crippen molar-refractivity contribution in [2.75, 3.05) is 7.11 Å². The molecule has 118 valence electrons. The lowest BCUT2D eigenvalue weighted by atomic mass is 10.1. The van der Waals surface area contributed by atoms with Gasteiger partial charge in [-0.3, -0.25) is 14.9 Å². The highest BCUT2D eigenvalue weighted by Crippen LogP contribution is 2.18. The Morgan fingerprint density at radius 2 is 1.96 bits per heavy atom. The number of nitrogens with one attached hydrogen (secondary N) is 1. The van der Waals surface area contributed by atoms with Crippen molar-refractivity contribution < 1.29 is 14.5 Å². The molecule has 0 saturated heterocycles. The fourth-order valence-corrected chi connectivity index (χ4v) is 1.96. The van der Waals surface area contributed by atoms with Gasteiger partial charge in [0.15, 0.2) is 0 Å². The van der Waals surface area contributed by atoms with Gasteiger partial charge in [-0.25, -0.2) is 5.43 Å². The maximum absolute atomic E-state index is 12.0. The third kappa shape index (κ3) is 3.91. The molecule has 0 heterocycles. The average Bonchev–Trinajstić information content (AvgIpc) is 2.59. The van der Waals surface area contributed by atoms with Crippen LogP contribution in [0.5, 0.6) is 5.75 Å². The number of rotatable bonds is 5. The van der Waals surface area contributed by atoms with E-state index in [1.54, 1.807) is 20.1 Å². The zero-order valence-electron chi connectivity index (χ0n) is 12.6. The number of carbonyl (C=O) groups excluding carboxylic acids is 1. The Morgan fingerprint density at radius 3 is 2.65 bits per heavy atom. The summed E-state index contributed by atoms with van der Waals surface area (Å²) in [4.78, 5) is 22.2. The van der Waals surface area contributed by atoms with Crippen molar-refractivity contribution in [3.05, 3.63) is 69.8 Å². The summed E-state index contributed by atoms with van der Waals surface area (Å²) in [7, 11) is 1.55. The van der Waals surface area contributed by atoms with E-state index >= 15 is 0 Å². The van der Waals surface area contributed by atoms with Crippen LogP contribution in [0.1, 0.15) is 22.8 Å². The van der Waals surface area contributed by atoms with Crippen LogP contribution in [0, 0.1) is 10.1 Å². The van der Waals surface area contributed by atoms with E-state index in [0.717, 1.165) is 5.56 Å². The summed E-state index contributed by atoms with van der Waals surface area (Å²) in [5, 5.41) is 14.8. The lowest BCUT2D eigenvalue weighted by Crippen LogP contribution is -2.19. The van der Waals surface area contributed by atoms with Gasteiger partial charge < -0.3 is 4.74 Å². The van der Waals surface area contributed by atoms with Crippen molar-refractivity contribution >= 4 is 17.3 Å². The molecular weight excluding hydrogens is 298 g/mol. The number of nitrogens with zero attached hydrogens (tertiary/aromatic N) is 2. The monoisotopic (exact) mass is 313 g/mol. The van der Waals surface area contributed by atoms with Crippen molar-refractivity contribution in [2.45, 2.75) is 6.92 Å². The molecule has 0 aliphatic heterocycles. The third-order valence-corrected chi connectivity index (χ3v) is 3.14. The first-order chi connectivity index (χ1) is 11.0. The van der Waals surface area contributed by atoms with Crippen LogP contribution >= 0.6 is 0 Å². The number of methoxy groups -OCH3 is 1. The van der Waals surface area contributed by atoms with E-state index in [1.807, 2.05) is 18.2 Å². The Kier molecular flexibility index (Phi) is 5.03. The van der Waals surface area contributed by atoms with Crippen molar-refractivity contribution in [2.24, 2.45) is 5.10 Å². The van der Waals surface area contributed by atoms with Crippen LogP contribution in [-0.4, -0.2) is 23.7 Å². The molecule has 2 rings (SSSR count). The first-order valence-electron chi connectivity index (χ1n) is 6.75. The summed E-state index contributed by atoms with van der Waals surface area (Å²) in [5.74, 6) is 0.112. The lowest BCUT2D eigenvalue weighted by molar-refractivity contribution is -0.384. The topological polar surface area (TPSA) is 93.8 Å². The Labute approximate surface area is 132 Å². The highest BCUT2D eigenvalue weighted by Gasteiger charge is 2.11. The number of carbonyl (C=O) groups is 1. The molecule has 0 radical (unpaired) electrons. The summed E-state index contributed by atoms with van der Waals surface area (Å²) < 4.78 is 5.23. The molecule has 0 aliphatic rings. The zero-order valence-corrected chi connectivity index (χ0v) is 12.6. The number of benzene rings is 2. The Hall–Kier alpha value is -3.22. The van der Waals surface area contributed by atoms with Gasteiger partial charge in [0.05, 0.1) is 17.7 Å². The van der Waals surface area contributed by atoms with E-state index in [-0.39, 0.29) is 11.3 Å². The van der Waals surface area contributed by atoms with Crippen molar-refractivity contribution in [1.82, 2.24) is 5.43 Å². The van der Waals surface area contributed by atoms with E-state index in [1.165, 1.54) is 24.3 Å². The summed E-state index contributed by atoms with van der Waals surface area (Å²) >= 11 is 0. The summed E-state index contributed by atoms with van der Waals surface area (Å²) in [5.41, 5.74) is 3.70. The van der Waals surface area contributed by atoms with Gasteiger partial charge in [-0.1, -0.05) is 18.2 Å². The highest BCUT2D eigenvalue weighted by atomic mass is 16.6. The van der Waals surface area contributed by atoms with Crippen molar-refractivity contribution in [3.8, 4) is 5.75 Å². The number of non-ortho nitro benzene ring substituents is 1. The highest BCUT2D eigenvalue weighted by molar-refractivity contribution is 6.02. The third-order valence-electron chi connectivity index (χ3n) is 3.14. The second kappa shape index (κ2) is 7.17. The van der Waals surface area contributed by atoms with Crippen LogP contribution in [0.4, 0.5) is 5.69 Å². The molecular formula is C16H15N3O4. The number of amides is 1. The van der Waals surface area contributed by atoms with Crippen molar-refractivity contribution in [1.29, 1.82) is 0 Å². The van der Waals surface area contributed by atoms with E-state index in [0.29, 0.717) is 11.5 Å². The number of hydrogen-bond donors (Lipinski definition) is 1. The SMILES string of the molecule is COc1ccccc1/C(C)=N\NC(=O)c1cccc([N+](=O)[O-])c1. The number of hydrogen-bond acceptors (Lipinski definition) is 5. The maximum Gasteiger partial charge on any atom is 0.271 e. The van der Waals surface area contributed by atoms with Gasteiger partial charge >= 0.3 is 0 Å². The minimum atomic E-state index is -0.555. The lowest BCUT2D eigenvalue weighted by Gasteiger charge is -2.07. The number of ether oxygens (including phenoxy) is 1. The van der Waals surface area contributed by atoms with Gasteiger partial charge in [0.1, 0.15) is 5.75 Å². The quantitative estimate of drug-likeness (QED) is 0.521. The van der Waals surface area contributed by atoms with E-state index in [4.69, 9.17) is 4.74 Å². The number of para-hydroxylation sites is 1. The number of nitro benzene ring substituents is 1. The second-order valence-corrected chi connectivity index (χ2v) is 4.65. The molecule has 0 fully saturated rings. The summed E-state index contributed by atoms with van der Waals surface area (Å²) in [6.45, 7) is 1.73. The second-order valence-electron chi connectivity index (χ2n) is 4.65. The van der Waals surface area contributed by atoms with Crippen LogP contribution in [0.15, 0.2) is 53.6 Å². The van der Waals surface area contributed by atoms with E-state index in [9.17, 15) is 14.9 Å².